The Bertz CT molecular complexity index is 726. The van der Waals surface area contributed by atoms with Gasteiger partial charge in [0, 0.05) is 0 Å². The first-order chi connectivity index (χ1) is 12.0. The van der Waals surface area contributed by atoms with Crippen LogP contribution in [0.5, 0.6) is 28.7 Å². The van der Waals surface area contributed by atoms with Crippen LogP contribution in [0.3, 0.4) is 0 Å². The first-order valence-electron chi connectivity index (χ1n) is 7.06. The maximum atomic E-state index is 12.4. The number of carbonyl (C=O) groups excluding carboxylic acids is 1. The maximum absolute atomic E-state index is 12.4. The fourth-order valence-electron chi connectivity index (χ4n) is 2.06. The zero-order valence-corrected chi connectivity index (χ0v) is 13.7. The minimum atomic E-state index is -3.01. The van der Waals surface area contributed by atoms with Gasteiger partial charge in [-0.15, -0.1) is 0 Å². The van der Waals surface area contributed by atoms with Crippen LogP contribution in [0.25, 0.3) is 0 Å². The third kappa shape index (κ3) is 4.28. The Kier molecular flexibility index (Phi) is 5.99. The topological polar surface area (TPSA) is 63.2 Å². The quantitative estimate of drug-likeness (QED) is 0.560. The standard InChI is InChI=1S/C17H16F2O6/c1-21-12-5-4-6-13(22-2)15(12)25-16(20)10-7-8-11(24-17(18)19)14(9-10)23-3/h4-9,17H,1-3H3. The molecule has 2 rings (SSSR count). The molecule has 0 N–H and O–H groups in total. The molecule has 0 aliphatic rings. The number of halogens is 2. The molecule has 0 aliphatic heterocycles. The fourth-order valence-corrected chi connectivity index (χ4v) is 2.06. The summed E-state index contributed by atoms with van der Waals surface area (Å²) in [6.07, 6.45) is 0. The van der Waals surface area contributed by atoms with Crippen LogP contribution in [0, 0.1) is 0 Å². The van der Waals surface area contributed by atoms with E-state index in [1.54, 1.807) is 18.2 Å². The van der Waals surface area contributed by atoms with Gasteiger partial charge in [-0.05, 0) is 30.3 Å². The monoisotopic (exact) mass is 354 g/mol. The molecule has 25 heavy (non-hydrogen) atoms. The van der Waals surface area contributed by atoms with Crippen molar-refractivity contribution in [1.82, 2.24) is 0 Å². The summed E-state index contributed by atoms with van der Waals surface area (Å²) in [7, 11) is 4.11. The molecule has 0 aromatic heterocycles. The minimum Gasteiger partial charge on any atom is -0.493 e. The summed E-state index contributed by atoms with van der Waals surface area (Å²) >= 11 is 0. The molecule has 8 heteroatoms. The van der Waals surface area contributed by atoms with E-state index in [1.165, 1.54) is 39.5 Å². The third-order valence-corrected chi connectivity index (χ3v) is 3.19. The number of esters is 1. The highest BCUT2D eigenvalue weighted by Crippen LogP contribution is 2.37. The van der Waals surface area contributed by atoms with Crippen LogP contribution in [-0.4, -0.2) is 33.9 Å². The zero-order chi connectivity index (χ0) is 18.4. The number of para-hydroxylation sites is 1. The molecule has 0 atom stereocenters. The number of rotatable bonds is 7. The molecular formula is C17H16F2O6. The zero-order valence-electron chi connectivity index (χ0n) is 13.7. The lowest BCUT2D eigenvalue weighted by molar-refractivity contribution is -0.0512. The first kappa shape index (κ1) is 18.3. The highest BCUT2D eigenvalue weighted by molar-refractivity contribution is 5.92. The molecule has 0 unspecified atom stereocenters. The number of benzene rings is 2. The summed E-state index contributed by atoms with van der Waals surface area (Å²) in [5.41, 5.74) is 0.0754. The second kappa shape index (κ2) is 8.18. The lowest BCUT2D eigenvalue weighted by atomic mass is 10.2. The van der Waals surface area contributed by atoms with Crippen molar-refractivity contribution in [1.29, 1.82) is 0 Å². The van der Waals surface area contributed by atoms with E-state index >= 15 is 0 Å². The Morgan fingerprint density at radius 3 is 2.00 bits per heavy atom. The fraction of sp³-hybridized carbons (Fsp3) is 0.235. The Hall–Kier alpha value is -3.03. The van der Waals surface area contributed by atoms with Crippen LogP contribution in [0.15, 0.2) is 36.4 Å². The average molecular weight is 354 g/mol. The van der Waals surface area contributed by atoms with Gasteiger partial charge in [-0.25, -0.2) is 4.79 Å². The van der Waals surface area contributed by atoms with Gasteiger partial charge in [-0.3, -0.25) is 0 Å². The summed E-state index contributed by atoms with van der Waals surface area (Å²) in [4.78, 5) is 12.4. The van der Waals surface area contributed by atoms with Crippen LogP contribution < -0.4 is 23.7 Å². The largest absolute Gasteiger partial charge is 0.493 e. The van der Waals surface area contributed by atoms with E-state index in [0.717, 1.165) is 0 Å². The van der Waals surface area contributed by atoms with E-state index < -0.39 is 12.6 Å². The van der Waals surface area contributed by atoms with Gasteiger partial charge in [0.05, 0.1) is 26.9 Å². The van der Waals surface area contributed by atoms with E-state index in [-0.39, 0.29) is 22.8 Å². The molecule has 0 fully saturated rings. The summed E-state index contributed by atoms with van der Waals surface area (Å²) in [6, 6.07) is 8.60. The van der Waals surface area contributed by atoms with Crippen LogP contribution >= 0.6 is 0 Å². The van der Waals surface area contributed by atoms with E-state index in [9.17, 15) is 13.6 Å². The molecule has 134 valence electrons. The molecule has 0 radical (unpaired) electrons. The van der Waals surface area contributed by atoms with Gasteiger partial charge in [0.2, 0.25) is 5.75 Å². The van der Waals surface area contributed by atoms with Crippen molar-refractivity contribution in [2.45, 2.75) is 6.61 Å². The number of hydrogen-bond donors (Lipinski definition) is 0. The van der Waals surface area contributed by atoms with Crippen molar-refractivity contribution in [3.8, 4) is 28.7 Å². The number of ether oxygens (including phenoxy) is 5. The normalized spacial score (nSPS) is 10.3. The highest BCUT2D eigenvalue weighted by atomic mass is 19.3. The Labute approximate surface area is 142 Å². The van der Waals surface area contributed by atoms with Gasteiger partial charge >= 0.3 is 12.6 Å². The number of methoxy groups -OCH3 is 3. The summed E-state index contributed by atoms with van der Waals surface area (Å²) in [5.74, 6) is -0.255. The van der Waals surface area contributed by atoms with Crippen LogP contribution in [-0.2, 0) is 0 Å². The molecular weight excluding hydrogens is 338 g/mol. The van der Waals surface area contributed by atoms with Crippen molar-refractivity contribution < 1.29 is 37.3 Å². The molecule has 2 aromatic carbocycles. The molecule has 0 saturated carbocycles. The molecule has 0 saturated heterocycles. The number of hydrogen-bond acceptors (Lipinski definition) is 6. The molecule has 0 spiro atoms. The second-order valence-electron chi connectivity index (χ2n) is 4.63. The summed E-state index contributed by atoms with van der Waals surface area (Å²) in [5, 5.41) is 0. The van der Waals surface area contributed by atoms with Gasteiger partial charge in [0.25, 0.3) is 0 Å². The summed E-state index contributed by atoms with van der Waals surface area (Å²) < 4.78 is 49.6. The van der Waals surface area contributed by atoms with Gasteiger partial charge in [-0.2, -0.15) is 8.78 Å². The Morgan fingerprint density at radius 2 is 1.48 bits per heavy atom. The van der Waals surface area contributed by atoms with Crippen LogP contribution in [0.2, 0.25) is 0 Å². The van der Waals surface area contributed by atoms with Crippen molar-refractivity contribution in [3.63, 3.8) is 0 Å². The van der Waals surface area contributed by atoms with Crippen LogP contribution in [0.4, 0.5) is 8.78 Å². The predicted octanol–water partition coefficient (Wildman–Crippen LogP) is 3.53. The van der Waals surface area contributed by atoms with Gasteiger partial charge in [0.15, 0.2) is 23.0 Å². The average Bonchev–Trinajstić information content (AvgIpc) is 2.61. The summed E-state index contributed by atoms with van der Waals surface area (Å²) in [6.45, 7) is -3.01. The maximum Gasteiger partial charge on any atom is 0.387 e. The van der Waals surface area contributed by atoms with E-state index in [4.69, 9.17) is 18.9 Å². The van der Waals surface area contributed by atoms with Crippen molar-refractivity contribution >= 4 is 5.97 Å². The molecule has 0 heterocycles. The molecule has 6 nitrogen and oxygen atoms in total. The van der Waals surface area contributed by atoms with Crippen molar-refractivity contribution in [2.24, 2.45) is 0 Å². The minimum absolute atomic E-state index is 0.0262. The third-order valence-electron chi connectivity index (χ3n) is 3.19. The van der Waals surface area contributed by atoms with Crippen molar-refractivity contribution in [3.05, 3.63) is 42.0 Å². The smallest absolute Gasteiger partial charge is 0.387 e. The van der Waals surface area contributed by atoms with Crippen molar-refractivity contribution in [2.75, 3.05) is 21.3 Å². The number of alkyl halides is 2. The molecule has 0 amide bonds. The van der Waals surface area contributed by atoms with Crippen LogP contribution in [0.1, 0.15) is 10.4 Å². The SMILES string of the molecule is COc1cc(C(=O)Oc2c(OC)cccc2OC)ccc1OC(F)F. The lowest BCUT2D eigenvalue weighted by Gasteiger charge is -2.14. The Balaban J connectivity index is 2.30. The second-order valence-corrected chi connectivity index (χ2v) is 4.63. The molecule has 2 aromatic rings. The van der Waals surface area contributed by atoms with E-state index in [0.29, 0.717) is 11.5 Å². The van der Waals surface area contributed by atoms with Gasteiger partial charge in [-0.1, -0.05) is 6.07 Å². The predicted molar refractivity (Wildman–Crippen MR) is 84.1 cm³/mol. The van der Waals surface area contributed by atoms with E-state index in [2.05, 4.69) is 4.74 Å². The highest BCUT2D eigenvalue weighted by Gasteiger charge is 2.19. The first-order valence-corrected chi connectivity index (χ1v) is 7.06. The molecule has 0 bridgehead atoms. The van der Waals surface area contributed by atoms with Gasteiger partial charge in [0.1, 0.15) is 0 Å². The Morgan fingerprint density at radius 1 is 0.880 bits per heavy atom. The lowest BCUT2D eigenvalue weighted by Crippen LogP contribution is -2.11. The molecule has 0 aliphatic carbocycles. The number of carbonyl (C=O) groups is 1. The van der Waals surface area contributed by atoms with Gasteiger partial charge < -0.3 is 23.7 Å². The van der Waals surface area contributed by atoms with E-state index in [1.807, 2.05) is 0 Å².